The molecule has 1 saturated carbocycles. The smallest absolute Gasteiger partial charge is 0.127 e. The maximum atomic E-state index is 11.1. The summed E-state index contributed by atoms with van der Waals surface area (Å²) < 4.78 is 0. The molecule has 0 heterocycles. The van der Waals surface area contributed by atoms with Gasteiger partial charge in [0, 0.05) is 5.92 Å². The highest BCUT2D eigenvalue weighted by Crippen LogP contribution is 2.46. The third-order valence-corrected chi connectivity index (χ3v) is 4.21. The summed E-state index contributed by atoms with van der Waals surface area (Å²) in [6.07, 6.45) is 4.65. The zero-order valence-corrected chi connectivity index (χ0v) is 9.65. The molecule has 0 bridgehead atoms. The molecule has 1 nitrogen and oxygen atoms in total. The summed E-state index contributed by atoms with van der Waals surface area (Å²) in [6.45, 7) is 0. The van der Waals surface area contributed by atoms with Crippen molar-refractivity contribution in [3.63, 3.8) is 0 Å². The second kappa shape index (κ2) is 3.19. The summed E-state index contributed by atoms with van der Waals surface area (Å²) in [5.74, 6) is 0.859. The van der Waals surface area contributed by atoms with Gasteiger partial charge in [-0.05, 0) is 52.6 Å². The van der Waals surface area contributed by atoms with Crippen LogP contribution in [0.1, 0.15) is 41.4 Å². The fourth-order valence-corrected chi connectivity index (χ4v) is 3.23. The molecule has 1 fully saturated rings. The molecule has 1 heteroatoms. The molecule has 2 aliphatic rings. The van der Waals surface area contributed by atoms with E-state index in [1.807, 2.05) is 0 Å². The van der Waals surface area contributed by atoms with Crippen LogP contribution in [0.2, 0.25) is 0 Å². The Morgan fingerprint density at radius 3 is 2.71 bits per heavy atom. The van der Waals surface area contributed by atoms with Gasteiger partial charge in [0.05, 0.1) is 0 Å². The average Bonchev–Trinajstić information content (AvgIpc) is 3.14. The van der Waals surface area contributed by atoms with Crippen molar-refractivity contribution in [3.8, 4) is 0 Å². The maximum Gasteiger partial charge on any atom is 0.127 e. The normalized spacial score (nSPS) is 22.0. The number of carbonyl (C=O) groups is 1. The van der Waals surface area contributed by atoms with Gasteiger partial charge in [0.15, 0.2) is 0 Å². The lowest BCUT2D eigenvalue weighted by Crippen LogP contribution is -1.96. The van der Waals surface area contributed by atoms with Crippen molar-refractivity contribution in [2.45, 2.75) is 31.1 Å². The largest absolute Gasteiger partial charge is 0.303 e. The molecule has 0 radical (unpaired) electrons. The highest BCUT2D eigenvalue weighted by Gasteiger charge is 2.29. The van der Waals surface area contributed by atoms with Gasteiger partial charge in [0.1, 0.15) is 6.29 Å². The van der Waals surface area contributed by atoms with Gasteiger partial charge in [0.25, 0.3) is 0 Å². The first-order valence-electron chi connectivity index (χ1n) is 6.38. The highest BCUT2D eigenvalue weighted by molar-refractivity contribution is 5.96. The first-order valence-corrected chi connectivity index (χ1v) is 6.38. The van der Waals surface area contributed by atoms with Crippen molar-refractivity contribution in [2.24, 2.45) is 0 Å². The van der Waals surface area contributed by atoms with Crippen LogP contribution in [0, 0.1) is 0 Å². The van der Waals surface area contributed by atoms with Gasteiger partial charge in [-0.25, -0.2) is 0 Å². The third-order valence-electron chi connectivity index (χ3n) is 4.21. The second-order valence-electron chi connectivity index (χ2n) is 5.30. The number of hydrogen-bond donors (Lipinski definition) is 0. The van der Waals surface area contributed by atoms with Gasteiger partial charge in [0.2, 0.25) is 0 Å². The van der Waals surface area contributed by atoms with Crippen molar-refractivity contribution in [3.05, 3.63) is 47.0 Å². The van der Waals surface area contributed by atoms with Crippen molar-refractivity contribution in [1.29, 1.82) is 0 Å². The van der Waals surface area contributed by atoms with Gasteiger partial charge < -0.3 is 4.79 Å². The van der Waals surface area contributed by atoms with Crippen molar-refractivity contribution in [2.75, 3.05) is 0 Å². The topological polar surface area (TPSA) is 17.1 Å². The van der Waals surface area contributed by atoms with E-state index < -0.39 is 0 Å². The van der Waals surface area contributed by atoms with Crippen LogP contribution in [0.15, 0.2) is 30.3 Å². The molecule has 2 aliphatic carbocycles. The monoisotopic (exact) mass is 222 g/mol. The lowest BCUT2D eigenvalue weighted by Gasteiger charge is -2.07. The van der Waals surface area contributed by atoms with Gasteiger partial charge >= 0.3 is 0 Å². The number of benzene rings is 2. The quantitative estimate of drug-likeness (QED) is 0.710. The van der Waals surface area contributed by atoms with E-state index in [-0.39, 0.29) is 5.92 Å². The Hall–Kier alpha value is -1.63. The zero-order chi connectivity index (χ0) is 11.4. The Labute approximate surface area is 100 Å². The minimum Gasteiger partial charge on any atom is -0.303 e. The van der Waals surface area contributed by atoms with E-state index in [4.69, 9.17) is 0 Å². The maximum absolute atomic E-state index is 11.1. The molecule has 1 atom stereocenters. The Balaban J connectivity index is 2.07. The van der Waals surface area contributed by atoms with Crippen LogP contribution in [0.4, 0.5) is 0 Å². The zero-order valence-electron chi connectivity index (χ0n) is 9.65. The van der Waals surface area contributed by atoms with Gasteiger partial charge in [-0.2, -0.15) is 0 Å². The summed E-state index contributed by atoms with van der Waals surface area (Å²) in [5.41, 5.74) is 4.10. The molecule has 17 heavy (non-hydrogen) atoms. The number of aldehydes is 1. The SMILES string of the molecule is O=CC1Cc2ccc(C3CC3)c3cccc1c23. The predicted molar refractivity (Wildman–Crippen MR) is 68.4 cm³/mol. The fraction of sp³-hybridized carbons (Fsp3) is 0.312. The molecule has 1 unspecified atom stereocenters. The summed E-state index contributed by atoms with van der Waals surface area (Å²) in [6, 6.07) is 11.0. The molecule has 4 rings (SSSR count). The fourth-order valence-electron chi connectivity index (χ4n) is 3.23. The number of carbonyl (C=O) groups excluding carboxylic acids is 1. The molecular weight excluding hydrogens is 208 g/mol. The van der Waals surface area contributed by atoms with Crippen molar-refractivity contribution < 1.29 is 4.79 Å². The van der Waals surface area contributed by atoms with E-state index in [0.29, 0.717) is 0 Å². The second-order valence-corrected chi connectivity index (χ2v) is 5.30. The van der Waals surface area contributed by atoms with Crippen LogP contribution in [-0.4, -0.2) is 6.29 Å². The number of hydrogen-bond acceptors (Lipinski definition) is 1. The lowest BCUT2D eigenvalue weighted by atomic mass is 9.96. The van der Waals surface area contributed by atoms with Crippen molar-refractivity contribution in [1.82, 2.24) is 0 Å². The van der Waals surface area contributed by atoms with E-state index in [1.165, 1.54) is 40.3 Å². The van der Waals surface area contributed by atoms with Crippen LogP contribution in [0.25, 0.3) is 10.8 Å². The average molecular weight is 222 g/mol. The lowest BCUT2D eigenvalue weighted by molar-refractivity contribution is -0.108. The molecule has 0 saturated heterocycles. The molecule has 2 aromatic carbocycles. The molecule has 2 aromatic rings. The predicted octanol–water partition coefficient (Wildman–Crippen LogP) is 3.56. The van der Waals surface area contributed by atoms with Crippen LogP contribution in [0.3, 0.4) is 0 Å². The van der Waals surface area contributed by atoms with E-state index >= 15 is 0 Å². The summed E-state index contributed by atoms with van der Waals surface area (Å²) in [7, 11) is 0. The first-order chi connectivity index (χ1) is 8.38. The van der Waals surface area contributed by atoms with E-state index in [1.54, 1.807) is 0 Å². The molecule has 0 aromatic heterocycles. The van der Waals surface area contributed by atoms with Crippen molar-refractivity contribution >= 4 is 17.1 Å². The van der Waals surface area contributed by atoms with E-state index in [9.17, 15) is 4.79 Å². The summed E-state index contributed by atoms with van der Waals surface area (Å²) in [5, 5.41) is 2.76. The van der Waals surface area contributed by atoms with Crippen LogP contribution < -0.4 is 0 Å². The van der Waals surface area contributed by atoms with Gasteiger partial charge in [-0.1, -0.05) is 30.3 Å². The molecule has 0 N–H and O–H groups in total. The minimum absolute atomic E-state index is 0.0863. The van der Waals surface area contributed by atoms with Crippen LogP contribution >= 0.6 is 0 Å². The number of rotatable bonds is 2. The van der Waals surface area contributed by atoms with E-state index in [0.717, 1.165) is 18.6 Å². The Morgan fingerprint density at radius 1 is 1.06 bits per heavy atom. The first kappa shape index (κ1) is 9.41. The molecule has 0 amide bonds. The standard InChI is InChI=1S/C16H14O/c17-9-12-8-11-6-7-13(10-4-5-10)15-3-1-2-14(12)16(11)15/h1-3,6-7,9-10,12H,4-5,8H2. The summed E-state index contributed by atoms with van der Waals surface area (Å²) >= 11 is 0. The Morgan fingerprint density at radius 2 is 1.94 bits per heavy atom. The summed E-state index contributed by atoms with van der Waals surface area (Å²) in [4.78, 5) is 11.1. The minimum atomic E-state index is 0.0863. The van der Waals surface area contributed by atoms with Gasteiger partial charge in [-0.15, -0.1) is 0 Å². The molecular formula is C16H14O. The van der Waals surface area contributed by atoms with E-state index in [2.05, 4.69) is 30.3 Å². The van der Waals surface area contributed by atoms with Gasteiger partial charge in [-0.3, -0.25) is 0 Å². The molecule has 0 aliphatic heterocycles. The highest BCUT2D eigenvalue weighted by atomic mass is 16.1. The molecule has 0 spiro atoms. The van der Waals surface area contributed by atoms with Crippen LogP contribution in [0.5, 0.6) is 0 Å². The Bertz CT molecular complexity index is 623. The molecule has 84 valence electrons. The Kier molecular flexibility index (Phi) is 1.77. The third kappa shape index (κ3) is 1.22. The van der Waals surface area contributed by atoms with Crippen LogP contribution in [-0.2, 0) is 11.2 Å².